The molecule has 2 heterocycles. The Hall–Kier alpha value is -2.66. The van der Waals surface area contributed by atoms with Gasteiger partial charge in [-0.3, -0.25) is 10.00 Å². The fourth-order valence-electron chi connectivity index (χ4n) is 3.52. The van der Waals surface area contributed by atoms with Gasteiger partial charge in [-0.15, -0.1) is 0 Å². The van der Waals surface area contributed by atoms with Gasteiger partial charge in [0.2, 0.25) is 0 Å². The number of likely N-dealkylation sites (tertiary alicyclic amines) is 1. The number of H-pyrrole nitrogens is 1. The Kier molecular flexibility index (Phi) is 5.26. The summed E-state index contributed by atoms with van der Waals surface area (Å²) in [6, 6.07) is 18.7. The minimum absolute atomic E-state index is 0.458. The average Bonchev–Trinajstić information content (AvgIpc) is 3.23. The van der Waals surface area contributed by atoms with E-state index in [-0.39, 0.29) is 0 Å². The summed E-state index contributed by atoms with van der Waals surface area (Å²) in [7, 11) is 0. The maximum absolute atomic E-state index is 5.87. The van der Waals surface area contributed by atoms with Crippen molar-refractivity contribution in [3.63, 3.8) is 0 Å². The standard InChI is InChI=1S/C21H24N4O/c1-2-5-18(6-3-1)15-26-20-10-8-17(9-11-20)13-25-12-4-7-19(14-25)21-22-16-23-24-21/h1-3,5-6,8-11,16,19H,4,7,12-15H2,(H,22,23,24). The Balaban J connectivity index is 1.31. The lowest BCUT2D eigenvalue weighted by molar-refractivity contribution is 0.196. The molecule has 3 aromatic rings. The van der Waals surface area contributed by atoms with Crippen LogP contribution in [0.5, 0.6) is 5.75 Å². The second kappa shape index (κ2) is 8.15. The van der Waals surface area contributed by atoms with Crippen molar-refractivity contribution in [1.29, 1.82) is 0 Å². The quantitative estimate of drug-likeness (QED) is 0.737. The molecule has 0 aliphatic carbocycles. The number of nitrogens with zero attached hydrogens (tertiary/aromatic N) is 3. The summed E-state index contributed by atoms with van der Waals surface area (Å²) in [4.78, 5) is 6.83. The molecule has 1 atom stereocenters. The van der Waals surface area contributed by atoms with Gasteiger partial charge >= 0.3 is 0 Å². The molecular formula is C21H24N4O. The number of hydrogen-bond donors (Lipinski definition) is 1. The highest BCUT2D eigenvalue weighted by Crippen LogP contribution is 2.25. The molecule has 26 heavy (non-hydrogen) atoms. The molecule has 2 aromatic carbocycles. The van der Waals surface area contributed by atoms with E-state index in [2.05, 4.69) is 56.5 Å². The first-order valence-corrected chi connectivity index (χ1v) is 9.20. The van der Waals surface area contributed by atoms with Gasteiger partial charge in [0, 0.05) is 19.0 Å². The van der Waals surface area contributed by atoms with Crippen LogP contribution in [-0.2, 0) is 13.2 Å². The number of aromatic amines is 1. The molecule has 0 bridgehead atoms. The largest absolute Gasteiger partial charge is 0.489 e. The Morgan fingerprint density at radius 1 is 1.04 bits per heavy atom. The van der Waals surface area contributed by atoms with E-state index in [0.717, 1.165) is 31.2 Å². The minimum atomic E-state index is 0.458. The van der Waals surface area contributed by atoms with Crippen LogP contribution in [0.25, 0.3) is 0 Å². The number of piperidine rings is 1. The summed E-state index contributed by atoms with van der Waals surface area (Å²) in [5.41, 5.74) is 2.50. The number of hydrogen-bond acceptors (Lipinski definition) is 4. The zero-order valence-electron chi connectivity index (χ0n) is 14.8. The zero-order chi connectivity index (χ0) is 17.6. The third-order valence-electron chi connectivity index (χ3n) is 4.90. The number of ether oxygens (including phenoxy) is 1. The molecule has 1 N–H and O–H groups in total. The molecule has 4 rings (SSSR count). The molecule has 0 amide bonds. The third kappa shape index (κ3) is 4.29. The maximum atomic E-state index is 5.87. The predicted molar refractivity (Wildman–Crippen MR) is 101 cm³/mol. The summed E-state index contributed by atoms with van der Waals surface area (Å²) >= 11 is 0. The Morgan fingerprint density at radius 2 is 1.88 bits per heavy atom. The highest BCUT2D eigenvalue weighted by atomic mass is 16.5. The van der Waals surface area contributed by atoms with Gasteiger partial charge < -0.3 is 4.74 Å². The zero-order valence-corrected chi connectivity index (χ0v) is 14.8. The summed E-state index contributed by atoms with van der Waals surface area (Å²) in [6.45, 7) is 3.73. The molecule has 1 aliphatic heterocycles. The molecule has 134 valence electrons. The predicted octanol–water partition coefficient (Wildman–Crippen LogP) is 3.76. The van der Waals surface area contributed by atoms with Gasteiger partial charge in [0.05, 0.1) is 0 Å². The highest BCUT2D eigenvalue weighted by Gasteiger charge is 2.23. The van der Waals surface area contributed by atoms with Crippen LogP contribution in [0.4, 0.5) is 0 Å². The van der Waals surface area contributed by atoms with E-state index in [1.54, 1.807) is 6.33 Å². The van der Waals surface area contributed by atoms with E-state index in [0.29, 0.717) is 12.5 Å². The van der Waals surface area contributed by atoms with Gasteiger partial charge in [0.25, 0.3) is 0 Å². The fraction of sp³-hybridized carbons (Fsp3) is 0.333. The molecule has 5 nitrogen and oxygen atoms in total. The number of benzene rings is 2. The number of aromatic nitrogens is 3. The van der Waals surface area contributed by atoms with Gasteiger partial charge in [0.15, 0.2) is 0 Å². The van der Waals surface area contributed by atoms with Crippen LogP contribution in [0.1, 0.15) is 35.7 Å². The van der Waals surface area contributed by atoms with Crippen molar-refractivity contribution in [1.82, 2.24) is 20.1 Å². The average molecular weight is 348 g/mol. The van der Waals surface area contributed by atoms with E-state index in [1.165, 1.54) is 24.0 Å². The van der Waals surface area contributed by atoms with E-state index in [9.17, 15) is 0 Å². The van der Waals surface area contributed by atoms with E-state index in [4.69, 9.17) is 4.74 Å². The first-order valence-electron chi connectivity index (χ1n) is 9.20. The van der Waals surface area contributed by atoms with Gasteiger partial charge in [-0.1, -0.05) is 42.5 Å². The van der Waals surface area contributed by atoms with E-state index in [1.807, 2.05) is 18.2 Å². The Morgan fingerprint density at radius 3 is 2.65 bits per heavy atom. The first-order chi connectivity index (χ1) is 12.9. The van der Waals surface area contributed by atoms with Crippen LogP contribution in [0, 0.1) is 0 Å². The smallest absolute Gasteiger partial charge is 0.137 e. The summed E-state index contributed by atoms with van der Waals surface area (Å²) in [6.07, 6.45) is 3.98. The summed E-state index contributed by atoms with van der Waals surface area (Å²) < 4.78 is 5.87. The number of nitrogens with one attached hydrogen (secondary N) is 1. The molecular weight excluding hydrogens is 324 g/mol. The van der Waals surface area contributed by atoms with E-state index < -0.39 is 0 Å². The molecule has 1 saturated heterocycles. The molecule has 0 radical (unpaired) electrons. The molecule has 0 spiro atoms. The minimum Gasteiger partial charge on any atom is -0.489 e. The lowest BCUT2D eigenvalue weighted by atomic mass is 9.97. The normalized spacial score (nSPS) is 17.9. The van der Waals surface area contributed by atoms with Crippen molar-refractivity contribution in [3.05, 3.63) is 77.9 Å². The van der Waals surface area contributed by atoms with Crippen molar-refractivity contribution in [2.75, 3.05) is 13.1 Å². The lowest BCUT2D eigenvalue weighted by Crippen LogP contribution is -2.34. The molecule has 1 aromatic heterocycles. The SMILES string of the molecule is c1ccc(COc2ccc(CN3CCCC(c4ncn[nH]4)C3)cc2)cc1. The van der Waals surface area contributed by atoms with Crippen LogP contribution in [0.3, 0.4) is 0 Å². The van der Waals surface area contributed by atoms with Crippen molar-refractivity contribution in [2.45, 2.75) is 31.9 Å². The Bertz CT molecular complexity index is 787. The lowest BCUT2D eigenvalue weighted by Gasteiger charge is -2.31. The van der Waals surface area contributed by atoms with Crippen molar-refractivity contribution < 1.29 is 4.74 Å². The molecule has 5 heteroatoms. The number of rotatable bonds is 6. The summed E-state index contributed by atoms with van der Waals surface area (Å²) in [5, 5.41) is 7.01. The van der Waals surface area contributed by atoms with Crippen LogP contribution < -0.4 is 4.74 Å². The first kappa shape index (κ1) is 16.8. The maximum Gasteiger partial charge on any atom is 0.137 e. The van der Waals surface area contributed by atoms with Crippen LogP contribution in [0.15, 0.2) is 60.9 Å². The molecule has 1 aliphatic rings. The summed E-state index contributed by atoms with van der Waals surface area (Å²) in [5.74, 6) is 2.38. The van der Waals surface area contributed by atoms with Crippen LogP contribution in [-0.4, -0.2) is 33.2 Å². The van der Waals surface area contributed by atoms with Crippen LogP contribution in [0.2, 0.25) is 0 Å². The van der Waals surface area contributed by atoms with Gasteiger partial charge in [0.1, 0.15) is 24.5 Å². The molecule has 1 unspecified atom stereocenters. The van der Waals surface area contributed by atoms with Crippen molar-refractivity contribution in [3.8, 4) is 5.75 Å². The van der Waals surface area contributed by atoms with E-state index >= 15 is 0 Å². The van der Waals surface area contributed by atoms with Gasteiger partial charge in [-0.05, 0) is 42.6 Å². The monoisotopic (exact) mass is 348 g/mol. The van der Waals surface area contributed by atoms with Gasteiger partial charge in [-0.2, -0.15) is 5.10 Å². The fourth-order valence-corrected chi connectivity index (χ4v) is 3.52. The molecule has 0 saturated carbocycles. The second-order valence-electron chi connectivity index (χ2n) is 6.86. The highest BCUT2D eigenvalue weighted by molar-refractivity contribution is 5.28. The Labute approximate surface area is 154 Å². The topological polar surface area (TPSA) is 54.0 Å². The van der Waals surface area contributed by atoms with Crippen molar-refractivity contribution >= 4 is 0 Å². The third-order valence-corrected chi connectivity index (χ3v) is 4.90. The van der Waals surface area contributed by atoms with Crippen LogP contribution >= 0.6 is 0 Å². The molecule has 1 fully saturated rings. The second-order valence-corrected chi connectivity index (χ2v) is 6.86. The van der Waals surface area contributed by atoms with Gasteiger partial charge in [-0.25, -0.2) is 4.98 Å². The van der Waals surface area contributed by atoms with Crippen molar-refractivity contribution in [2.24, 2.45) is 0 Å².